The quantitative estimate of drug-likeness (QED) is 0.222. The Balaban J connectivity index is 1.35. The van der Waals surface area contributed by atoms with E-state index >= 15 is 0 Å². The lowest BCUT2D eigenvalue weighted by Gasteiger charge is -2.18. The number of benzene rings is 5. The molecule has 0 aromatic heterocycles. The summed E-state index contributed by atoms with van der Waals surface area (Å²) in [6, 6.07) is 36.4. The Morgan fingerprint density at radius 1 is 0.676 bits per heavy atom. The molecule has 4 nitrogen and oxygen atoms in total. The van der Waals surface area contributed by atoms with Crippen molar-refractivity contribution >= 4 is 45.7 Å². The van der Waals surface area contributed by atoms with Gasteiger partial charge in [0.2, 0.25) is 5.91 Å². The molecule has 0 saturated carbocycles. The van der Waals surface area contributed by atoms with Gasteiger partial charge in [0.1, 0.15) is 11.1 Å². The van der Waals surface area contributed by atoms with Gasteiger partial charge in [-0.05, 0) is 53.4 Å². The highest BCUT2D eigenvalue weighted by molar-refractivity contribution is 8.00. The van der Waals surface area contributed by atoms with Crippen molar-refractivity contribution in [2.75, 3.05) is 10.6 Å². The standard InChI is InChI=1S/C31H23FN2O2S/c32-27-15-7-6-14-26(27)30(35)33-23-17-19-24(20-18-23)37-29(22-10-2-1-3-11-22)31(36)34-28-16-8-12-21-9-4-5-13-25(21)28/h1-20,29H,(H,33,35)(H,34,36). The summed E-state index contributed by atoms with van der Waals surface area (Å²) < 4.78 is 13.9. The van der Waals surface area contributed by atoms with Gasteiger partial charge in [-0.3, -0.25) is 9.59 Å². The first-order valence-electron chi connectivity index (χ1n) is 11.7. The Kier molecular flexibility index (Phi) is 7.28. The fourth-order valence-corrected chi connectivity index (χ4v) is 5.05. The van der Waals surface area contributed by atoms with Gasteiger partial charge in [-0.15, -0.1) is 11.8 Å². The molecule has 2 amide bonds. The van der Waals surface area contributed by atoms with E-state index in [0.717, 1.165) is 26.9 Å². The van der Waals surface area contributed by atoms with E-state index in [2.05, 4.69) is 10.6 Å². The van der Waals surface area contributed by atoms with Crippen molar-refractivity contribution in [2.24, 2.45) is 0 Å². The van der Waals surface area contributed by atoms with E-state index in [1.54, 1.807) is 18.2 Å². The summed E-state index contributed by atoms with van der Waals surface area (Å²) in [4.78, 5) is 26.8. The SMILES string of the molecule is O=C(Nc1ccc(SC(C(=O)Nc2cccc3ccccc23)c2ccccc2)cc1)c1ccccc1F. The number of anilines is 2. The van der Waals surface area contributed by atoms with E-state index in [1.165, 1.54) is 30.0 Å². The fourth-order valence-electron chi connectivity index (χ4n) is 4.03. The van der Waals surface area contributed by atoms with Crippen LogP contribution >= 0.6 is 11.8 Å². The van der Waals surface area contributed by atoms with Crippen molar-refractivity contribution in [3.05, 3.63) is 138 Å². The van der Waals surface area contributed by atoms with Gasteiger partial charge in [-0.1, -0.05) is 78.9 Å². The average molecular weight is 507 g/mol. The number of thioether (sulfide) groups is 1. The third kappa shape index (κ3) is 5.71. The molecule has 182 valence electrons. The number of halogens is 1. The number of nitrogens with one attached hydrogen (secondary N) is 2. The molecule has 0 aliphatic rings. The van der Waals surface area contributed by atoms with Gasteiger partial charge in [-0.2, -0.15) is 0 Å². The zero-order chi connectivity index (χ0) is 25.6. The molecule has 0 aliphatic heterocycles. The highest BCUT2D eigenvalue weighted by Gasteiger charge is 2.23. The molecule has 0 saturated heterocycles. The van der Waals surface area contributed by atoms with E-state index < -0.39 is 17.0 Å². The zero-order valence-corrected chi connectivity index (χ0v) is 20.5. The smallest absolute Gasteiger partial charge is 0.258 e. The molecular formula is C31H23FN2O2S. The van der Waals surface area contributed by atoms with Crippen LogP contribution in [0.4, 0.5) is 15.8 Å². The van der Waals surface area contributed by atoms with E-state index in [9.17, 15) is 14.0 Å². The maximum Gasteiger partial charge on any atom is 0.258 e. The van der Waals surface area contributed by atoms with Crippen LogP contribution < -0.4 is 10.6 Å². The number of fused-ring (bicyclic) bond motifs is 1. The van der Waals surface area contributed by atoms with Gasteiger partial charge in [0, 0.05) is 21.7 Å². The lowest BCUT2D eigenvalue weighted by molar-refractivity contribution is -0.115. The Hall–Kier alpha value is -4.42. The highest BCUT2D eigenvalue weighted by Crippen LogP contribution is 2.37. The minimum atomic E-state index is -0.574. The number of carbonyl (C=O) groups excluding carboxylic acids is 2. The van der Waals surface area contributed by atoms with Crippen molar-refractivity contribution in [3.8, 4) is 0 Å². The maximum absolute atomic E-state index is 13.9. The molecule has 2 N–H and O–H groups in total. The van der Waals surface area contributed by atoms with Crippen LogP contribution in [-0.2, 0) is 4.79 Å². The van der Waals surface area contributed by atoms with Crippen molar-refractivity contribution < 1.29 is 14.0 Å². The molecule has 5 rings (SSSR count). The Morgan fingerprint density at radius 3 is 2.14 bits per heavy atom. The Morgan fingerprint density at radius 2 is 1.35 bits per heavy atom. The fraction of sp³-hybridized carbons (Fsp3) is 0.0323. The van der Waals surface area contributed by atoms with Crippen molar-refractivity contribution in [2.45, 2.75) is 10.1 Å². The molecule has 6 heteroatoms. The van der Waals surface area contributed by atoms with Gasteiger partial charge in [-0.25, -0.2) is 4.39 Å². The van der Waals surface area contributed by atoms with Crippen LogP contribution in [0.5, 0.6) is 0 Å². The topological polar surface area (TPSA) is 58.2 Å². The number of hydrogen-bond acceptors (Lipinski definition) is 3. The monoisotopic (exact) mass is 506 g/mol. The third-order valence-electron chi connectivity index (χ3n) is 5.87. The summed E-state index contributed by atoms with van der Waals surface area (Å²) in [7, 11) is 0. The Labute approximate surface area is 218 Å². The second-order valence-corrected chi connectivity index (χ2v) is 9.56. The van der Waals surface area contributed by atoms with Crippen molar-refractivity contribution in [3.63, 3.8) is 0 Å². The molecule has 0 radical (unpaired) electrons. The van der Waals surface area contributed by atoms with E-state index in [-0.39, 0.29) is 11.5 Å². The van der Waals surface area contributed by atoms with Crippen LogP contribution in [0, 0.1) is 5.82 Å². The van der Waals surface area contributed by atoms with Gasteiger partial charge in [0.15, 0.2) is 0 Å². The summed E-state index contributed by atoms with van der Waals surface area (Å²) in [5.74, 6) is -1.23. The van der Waals surface area contributed by atoms with Gasteiger partial charge in [0.25, 0.3) is 5.91 Å². The molecular weight excluding hydrogens is 483 g/mol. The second kappa shape index (κ2) is 11.1. The predicted octanol–water partition coefficient (Wildman–Crippen LogP) is 7.70. The first kappa shape index (κ1) is 24.3. The van der Waals surface area contributed by atoms with Gasteiger partial charge < -0.3 is 10.6 Å². The molecule has 0 bridgehead atoms. The van der Waals surface area contributed by atoms with E-state index in [1.807, 2.05) is 84.9 Å². The van der Waals surface area contributed by atoms with Crippen molar-refractivity contribution in [1.29, 1.82) is 0 Å². The third-order valence-corrected chi connectivity index (χ3v) is 7.14. The predicted molar refractivity (Wildman–Crippen MR) is 148 cm³/mol. The number of hydrogen-bond donors (Lipinski definition) is 2. The summed E-state index contributed by atoms with van der Waals surface area (Å²) in [5.41, 5.74) is 2.15. The minimum absolute atomic E-state index is 0.0183. The Bertz CT molecular complexity index is 1550. The molecule has 1 unspecified atom stereocenters. The first-order valence-corrected chi connectivity index (χ1v) is 12.6. The summed E-state index contributed by atoms with van der Waals surface area (Å²) in [6.07, 6.45) is 0. The summed E-state index contributed by atoms with van der Waals surface area (Å²) >= 11 is 1.42. The minimum Gasteiger partial charge on any atom is -0.324 e. The number of amides is 2. The molecule has 0 fully saturated rings. The van der Waals surface area contributed by atoms with Crippen LogP contribution in [0.15, 0.2) is 126 Å². The van der Waals surface area contributed by atoms with Crippen LogP contribution in [0.1, 0.15) is 21.2 Å². The van der Waals surface area contributed by atoms with E-state index in [4.69, 9.17) is 0 Å². The van der Waals surface area contributed by atoms with Crippen LogP contribution in [0.3, 0.4) is 0 Å². The summed E-state index contributed by atoms with van der Waals surface area (Å²) in [6.45, 7) is 0. The molecule has 0 heterocycles. The van der Waals surface area contributed by atoms with Crippen molar-refractivity contribution in [1.82, 2.24) is 0 Å². The average Bonchev–Trinajstić information content (AvgIpc) is 2.93. The van der Waals surface area contributed by atoms with Gasteiger partial charge >= 0.3 is 0 Å². The number of carbonyl (C=O) groups is 2. The molecule has 0 aliphatic carbocycles. The lowest BCUT2D eigenvalue weighted by atomic mass is 10.1. The van der Waals surface area contributed by atoms with Crippen LogP contribution in [0.25, 0.3) is 10.8 Å². The van der Waals surface area contributed by atoms with Crippen LogP contribution in [0.2, 0.25) is 0 Å². The lowest BCUT2D eigenvalue weighted by Crippen LogP contribution is -2.19. The molecule has 1 atom stereocenters. The number of rotatable bonds is 7. The second-order valence-electron chi connectivity index (χ2n) is 8.38. The summed E-state index contributed by atoms with van der Waals surface area (Å²) in [5, 5.41) is 7.36. The molecule has 5 aromatic rings. The first-order chi connectivity index (χ1) is 18.1. The van der Waals surface area contributed by atoms with Gasteiger partial charge in [0.05, 0.1) is 5.56 Å². The molecule has 37 heavy (non-hydrogen) atoms. The highest BCUT2D eigenvalue weighted by atomic mass is 32.2. The van der Waals surface area contributed by atoms with E-state index in [0.29, 0.717) is 5.69 Å². The molecule has 5 aromatic carbocycles. The zero-order valence-electron chi connectivity index (χ0n) is 19.7. The maximum atomic E-state index is 13.9. The molecule has 0 spiro atoms. The normalized spacial score (nSPS) is 11.6. The van der Waals surface area contributed by atoms with Crippen LogP contribution in [-0.4, -0.2) is 11.8 Å². The largest absolute Gasteiger partial charge is 0.324 e.